The maximum absolute atomic E-state index is 14.6. The zero-order valence-corrected chi connectivity index (χ0v) is 18.8. The molecule has 0 amide bonds. The number of aryl methyl sites for hydroxylation is 1. The van der Waals surface area contributed by atoms with E-state index in [0.29, 0.717) is 24.9 Å². The molecule has 0 bridgehead atoms. The van der Waals surface area contributed by atoms with Crippen LogP contribution >= 0.6 is 45.2 Å². The van der Waals surface area contributed by atoms with Crippen molar-refractivity contribution in [2.24, 2.45) is 0 Å². The van der Waals surface area contributed by atoms with Gasteiger partial charge in [0.05, 0.1) is 18.5 Å². The molecule has 5 heteroatoms. The van der Waals surface area contributed by atoms with E-state index in [1.165, 1.54) is 6.07 Å². The molecule has 2 nitrogen and oxygen atoms in total. The number of aromatic nitrogens is 1. The molecule has 0 spiro atoms. The van der Waals surface area contributed by atoms with Crippen molar-refractivity contribution in [1.29, 1.82) is 0 Å². The summed E-state index contributed by atoms with van der Waals surface area (Å²) in [7, 11) is 0. The van der Waals surface area contributed by atoms with Crippen molar-refractivity contribution in [2.45, 2.75) is 26.8 Å². The predicted octanol–water partition coefficient (Wildman–Crippen LogP) is 6.25. The summed E-state index contributed by atoms with van der Waals surface area (Å²) in [6.45, 7) is 4.82. The summed E-state index contributed by atoms with van der Waals surface area (Å²) in [4.78, 5) is 13.0. The Labute approximate surface area is 179 Å². The van der Waals surface area contributed by atoms with Crippen LogP contribution in [0.25, 0.3) is 22.5 Å². The van der Waals surface area contributed by atoms with Crippen LogP contribution in [0.15, 0.2) is 53.3 Å². The highest BCUT2D eigenvalue weighted by molar-refractivity contribution is 14.1. The molecule has 26 heavy (non-hydrogen) atoms. The Morgan fingerprint density at radius 2 is 1.69 bits per heavy atom. The number of pyridine rings is 1. The molecule has 0 saturated heterocycles. The van der Waals surface area contributed by atoms with Gasteiger partial charge in [0.2, 0.25) is 5.43 Å². The lowest BCUT2D eigenvalue weighted by atomic mass is 10.0. The van der Waals surface area contributed by atoms with Crippen LogP contribution in [-0.2, 0) is 6.54 Å². The quantitative estimate of drug-likeness (QED) is 0.339. The van der Waals surface area contributed by atoms with E-state index >= 15 is 0 Å². The first-order valence-electron chi connectivity index (χ1n) is 8.39. The summed E-state index contributed by atoms with van der Waals surface area (Å²) < 4.78 is 17.9. The number of nitrogens with zero attached hydrogens (tertiary/aromatic N) is 1. The van der Waals surface area contributed by atoms with E-state index in [1.807, 2.05) is 25.1 Å². The second kappa shape index (κ2) is 8.21. The first kappa shape index (κ1) is 19.5. The molecule has 0 aliphatic carbocycles. The highest BCUT2D eigenvalue weighted by Gasteiger charge is 2.22. The molecule has 0 saturated carbocycles. The Kier molecular flexibility index (Phi) is 6.17. The standard InChI is InChI=1S/C21H18FI2NO/c1-3-11-25-19(14-8-6-7-13(2)12-14)17(23)21(26)18(24)20(25)15-9-4-5-10-16(15)22/h4-10,12H,3,11H2,1-2H3. The number of hydrogen-bond donors (Lipinski definition) is 0. The van der Waals surface area contributed by atoms with Gasteiger partial charge in [0, 0.05) is 12.1 Å². The number of benzene rings is 2. The minimum atomic E-state index is -0.314. The van der Waals surface area contributed by atoms with Crippen LogP contribution in [0.3, 0.4) is 0 Å². The van der Waals surface area contributed by atoms with E-state index in [-0.39, 0.29) is 11.2 Å². The highest BCUT2D eigenvalue weighted by atomic mass is 127. The molecule has 0 aliphatic rings. The van der Waals surface area contributed by atoms with Crippen molar-refractivity contribution in [3.05, 3.63) is 77.3 Å². The highest BCUT2D eigenvalue weighted by Crippen LogP contribution is 2.33. The molecule has 0 fully saturated rings. The number of rotatable bonds is 4. The fraction of sp³-hybridized carbons (Fsp3) is 0.190. The molecule has 1 aromatic heterocycles. The van der Waals surface area contributed by atoms with Gasteiger partial charge in [-0.05, 0) is 82.3 Å². The largest absolute Gasteiger partial charge is 0.338 e. The van der Waals surface area contributed by atoms with Gasteiger partial charge in [0.1, 0.15) is 5.82 Å². The fourth-order valence-corrected chi connectivity index (χ4v) is 5.34. The molecule has 0 N–H and O–H groups in total. The summed E-state index contributed by atoms with van der Waals surface area (Å²) in [5.74, 6) is -0.314. The van der Waals surface area contributed by atoms with E-state index in [2.05, 4.69) is 62.7 Å². The average Bonchev–Trinajstić information content (AvgIpc) is 2.62. The summed E-state index contributed by atoms with van der Waals surface area (Å²) in [5, 5.41) is 0. The van der Waals surface area contributed by atoms with Crippen molar-refractivity contribution < 1.29 is 4.39 Å². The molecule has 0 unspecified atom stereocenters. The van der Waals surface area contributed by atoms with E-state index in [4.69, 9.17) is 0 Å². The maximum Gasteiger partial charge on any atom is 0.209 e. The van der Waals surface area contributed by atoms with Crippen molar-refractivity contribution >= 4 is 45.2 Å². The minimum absolute atomic E-state index is 0.0479. The van der Waals surface area contributed by atoms with Crippen LogP contribution in [0.2, 0.25) is 0 Å². The molecule has 0 radical (unpaired) electrons. The number of halogens is 3. The van der Waals surface area contributed by atoms with Crippen molar-refractivity contribution in [3.8, 4) is 22.5 Å². The summed E-state index contributed by atoms with van der Waals surface area (Å²) in [6, 6.07) is 14.8. The Bertz CT molecular complexity index is 1030. The lowest BCUT2D eigenvalue weighted by Crippen LogP contribution is -2.21. The molecule has 134 valence electrons. The number of hydrogen-bond acceptors (Lipinski definition) is 1. The van der Waals surface area contributed by atoms with E-state index in [1.54, 1.807) is 18.2 Å². The molecule has 2 aromatic carbocycles. The topological polar surface area (TPSA) is 22.0 Å². The minimum Gasteiger partial charge on any atom is -0.338 e. The van der Waals surface area contributed by atoms with Gasteiger partial charge in [-0.25, -0.2) is 4.39 Å². The molecule has 1 heterocycles. The molecule has 0 aliphatic heterocycles. The van der Waals surface area contributed by atoms with Gasteiger partial charge in [0.25, 0.3) is 0 Å². The van der Waals surface area contributed by atoms with Gasteiger partial charge in [-0.2, -0.15) is 0 Å². The van der Waals surface area contributed by atoms with E-state index in [0.717, 1.165) is 23.2 Å². The van der Waals surface area contributed by atoms with Gasteiger partial charge in [0.15, 0.2) is 0 Å². The van der Waals surface area contributed by atoms with Crippen molar-refractivity contribution in [3.63, 3.8) is 0 Å². The average molecular weight is 573 g/mol. The smallest absolute Gasteiger partial charge is 0.209 e. The zero-order valence-electron chi connectivity index (χ0n) is 14.5. The fourth-order valence-electron chi connectivity index (χ4n) is 3.10. The summed E-state index contributed by atoms with van der Waals surface area (Å²) in [5.41, 5.74) is 4.04. The zero-order chi connectivity index (χ0) is 18.8. The SMILES string of the molecule is CCCn1c(-c2cccc(C)c2)c(I)c(=O)c(I)c1-c1ccccc1F. The monoisotopic (exact) mass is 573 g/mol. The van der Waals surface area contributed by atoms with Crippen LogP contribution in [0.1, 0.15) is 18.9 Å². The van der Waals surface area contributed by atoms with Crippen LogP contribution in [0, 0.1) is 19.9 Å². The second-order valence-electron chi connectivity index (χ2n) is 6.16. The third-order valence-corrected chi connectivity index (χ3v) is 6.22. The predicted molar refractivity (Wildman–Crippen MR) is 122 cm³/mol. The van der Waals surface area contributed by atoms with Gasteiger partial charge < -0.3 is 4.57 Å². The van der Waals surface area contributed by atoms with Crippen LogP contribution in [0.5, 0.6) is 0 Å². The van der Waals surface area contributed by atoms with Gasteiger partial charge in [-0.15, -0.1) is 0 Å². The van der Waals surface area contributed by atoms with E-state index < -0.39 is 0 Å². The molecule has 3 aromatic rings. The van der Waals surface area contributed by atoms with Gasteiger partial charge in [-0.3, -0.25) is 4.79 Å². The summed E-state index contributed by atoms with van der Waals surface area (Å²) >= 11 is 4.18. The van der Waals surface area contributed by atoms with Gasteiger partial charge >= 0.3 is 0 Å². The third-order valence-electron chi connectivity index (χ3n) is 4.22. The molecular weight excluding hydrogens is 555 g/mol. The van der Waals surface area contributed by atoms with Gasteiger partial charge in [-0.1, -0.05) is 42.8 Å². The first-order chi connectivity index (χ1) is 12.5. The second-order valence-corrected chi connectivity index (χ2v) is 8.31. The van der Waals surface area contributed by atoms with Crippen molar-refractivity contribution in [1.82, 2.24) is 4.57 Å². The Morgan fingerprint density at radius 3 is 2.35 bits per heavy atom. The summed E-state index contributed by atoms with van der Waals surface area (Å²) in [6.07, 6.45) is 0.884. The van der Waals surface area contributed by atoms with Crippen molar-refractivity contribution in [2.75, 3.05) is 0 Å². The van der Waals surface area contributed by atoms with Crippen LogP contribution in [0.4, 0.5) is 4.39 Å². The lowest BCUT2D eigenvalue weighted by Gasteiger charge is -2.22. The normalized spacial score (nSPS) is 11.0. The molecule has 0 atom stereocenters. The Balaban J connectivity index is 2.46. The van der Waals surface area contributed by atoms with E-state index in [9.17, 15) is 9.18 Å². The van der Waals surface area contributed by atoms with Crippen LogP contribution < -0.4 is 5.43 Å². The molecule has 3 rings (SSSR count). The Hall–Kier alpha value is -1.22. The Morgan fingerprint density at radius 1 is 1.00 bits per heavy atom. The first-order valence-corrected chi connectivity index (χ1v) is 10.5. The lowest BCUT2D eigenvalue weighted by molar-refractivity contribution is 0.624. The van der Waals surface area contributed by atoms with Crippen LogP contribution in [-0.4, -0.2) is 4.57 Å². The molecular formula is C21H18FI2NO. The maximum atomic E-state index is 14.6. The third kappa shape index (κ3) is 3.60.